The number of hydrogen-bond acceptors (Lipinski definition) is 2. The van der Waals surface area contributed by atoms with Crippen molar-refractivity contribution in [2.24, 2.45) is 0 Å². The second kappa shape index (κ2) is 6.11. The zero-order valence-electron chi connectivity index (χ0n) is 9.63. The largest absolute Gasteiger partial charge is 0.479 e. The first-order valence-electron chi connectivity index (χ1n) is 6.08. The van der Waals surface area contributed by atoms with E-state index in [4.69, 9.17) is 9.84 Å². The Bertz CT molecular complexity index is 195. The third kappa shape index (κ3) is 3.49. The SMILES string of the molecule is CCCCCCOC1(C(=O)O)CCCC1. The van der Waals surface area contributed by atoms with Crippen LogP contribution in [-0.4, -0.2) is 23.3 Å². The van der Waals surface area contributed by atoms with E-state index in [1.807, 2.05) is 0 Å². The van der Waals surface area contributed by atoms with Crippen molar-refractivity contribution in [1.82, 2.24) is 0 Å². The Morgan fingerprint density at radius 2 is 1.93 bits per heavy atom. The standard InChI is InChI=1S/C12H22O3/c1-2-3-4-7-10-15-12(11(13)14)8-5-6-9-12/h2-10H2,1H3,(H,13,14). The molecule has 1 N–H and O–H groups in total. The van der Waals surface area contributed by atoms with Crippen molar-refractivity contribution in [2.45, 2.75) is 63.9 Å². The summed E-state index contributed by atoms with van der Waals surface area (Å²) in [6, 6.07) is 0. The molecule has 1 aliphatic carbocycles. The topological polar surface area (TPSA) is 46.5 Å². The van der Waals surface area contributed by atoms with E-state index in [0.717, 1.165) is 25.7 Å². The lowest BCUT2D eigenvalue weighted by atomic mass is 10.0. The normalized spacial score (nSPS) is 19.3. The Kier molecular flexibility index (Phi) is 5.09. The van der Waals surface area contributed by atoms with Crippen molar-refractivity contribution in [3.8, 4) is 0 Å². The first kappa shape index (κ1) is 12.5. The van der Waals surface area contributed by atoms with Gasteiger partial charge in [-0.3, -0.25) is 0 Å². The number of aliphatic carboxylic acids is 1. The molecule has 0 heterocycles. The summed E-state index contributed by atoms with van der Waals surface area (Å²) in [6.45, 7) is 2.77. The number of carboxylic acid groups (broad SMARTS) is 1. The molecule has 0 aromatic heterocycles. The highest BCUT2D eigenvalue weighted by Gasteiger charge is 2.42. The van der Waals surface area contributed by atoms with Crippen LogP contribution in [0, 0.1) is 0 Å². The molecule has 1 fully saturated rings. The van der Waals surface area contributed by atoms with Gasteiger partial charge in [0.1, 0.15) is 0 Å². The van der Waals surface area contributed by atoms with Crippen LogP contribution < -0.4 is 0 Å². The van der Waals surface area contributed by atoms with Gasteiger partial charge in [0.25, 0.3) is 0 Å². The smallest absolute Gasteiger partial charge is 0.335 e. The molecule has 3 nitrogen and oxygen atoms in total. The van der Waals surface area contributed by atoms with Crippen LogP contribution in [0.2, 0.25) is 0 Å². The predicted octanol–water partition coefficient (Wildman–Crippen LogP) is 2.98. The Morgan fingerprint density at radius 3 is 2.47 bits per heavy atom. The van der Waals surface area contributed by atoms with Crippen molar-refractivity contribution < 1.29 is 14.6 Å². The predicted molar refractivity (Wildman–Crippen MR) is 58.9 cm³/mol. The molecule has 1 rings (SSSR count). The summed E-state index contributed by atoms with van der Waals surface area (Å²) in [5.41, 5.74) is -0.841. The quantitative estimate of drug-likeness (QED) is 0.663. The molecule has 0 unspecified atom stereocenters. The van der Waals surface area contributed by atoms with Gasteiger partial charge in [-0.25, -0.2) is 4.79 Å². The summed E-state index contributed by atoms with van der Waals surface area (Å²) < 4.78 is 5.60. The summed E-state index contributed by atoms with van der Waals surface area (Å²) in [5, 5.41) is 9.14. The number of carbonyl (C=O) groups is 1. The fraction of sp³-hybridized carbons (Fsp3) is 0.917. The molecular formula is C12H22O3. The lowest BCUT2D eigenvalue weighted by Gasteiger charge is -2.24. The molecule has 0 bridgehead atoms. The van der Waals surface area contributed by atoms with E-state index in [9.17, 15) is 4.79 Å². The second-order valence-electron chi connectivity index (χ2n) is 4.42. The molecule has 0 aliphatic heterocycles. The van der Waals surface area contributed by atoms with Gasteiger partial charge in [-0.15, -0.1) is 0 Å². The van der Waals surface area contributed by atoms with E-state index in [1.165, 1.54) is 12.8 Å². The Labute approximate surface area is 91.8 Å². The zero-order chi connectivity index (χ0) is 11.1. The maximum Gasteiger partial charge on any atom is 0.335 e. The fourth-order valence-corrected chi connectivity index (χ4v) is 2.16. The molecule has 0 spiro atoms. The molecule has 0 amide bonds. The van der Waals surface area contributed by atoms with Gasteiger partial charge in [0.15, 0.2) is 5.60 Å². The van der Waals surface area contributed by atoms with Gasteiger partial charge in [-0.05, 0) is 32.1 Å². The Hall–Kier alpha value is -0.570. The maximum atomic E-state index is 11.1. The van der Waals surface area contributed by atoms with E-state index in [2.05, 4.69) is 6.92 Å². The van der Waals surface area contributed by atoms with Crippen molar-refractivity contribution >= 4 is 5.97 Å². The van der Waals surface area contributed by atoms with Gasteiger partial charge >= 0.3 is 5.97 Å². The molecule has 15 heavy (non-hydrogen) atoms. The van der Waals surface area contributed by atoms with Crippen molar-refractivity contribution in [3.05, 3.63) is 0 Å². The monoisotopic (exact) mass is 214 g/mol. The van der Waals surface area contributed by atoms with E-state index in [1.54, 1.807) is 0 Å². The summed E-state index contributed by atoms with van der Waals surface area (Å²) in [5.74, 6) is -0.768. The highest BCUT2D eigenvalue weighted by molar-refractivity contribution is 5.77. The molecule has 88 valence electrons. The Morgan fingerprint density at radius 1 is 1.27 bits per heavy atom. The summed E-state index contributed by atoms with van der Waals surface area (Å²) in [6.07, 6.45) is 7.90. The lowest BCUT2D eigenvalue weighted by Crippen LogP contribution is -2.38. The molecule has 0 atom stereocenters. The number of ether oxygens (including phenoxy) is 1. The van der Waals surface area contributed by atoms with Crippen LogP contribution in [0.3, 0.4) is 0 Å². The molecule has 0 aromatic carbocycles. The lowest BCUT2D eigenvalue weighted by molar-refractivity contribution is -0.165. The second-order valence-corrected chi connectivity index (χ2v) is 4.42. The summed E-state index contributed by atoms with van der Waals surface area (Å²) in [4.78, 5) is 11.1. The van der Waals surface area contributed by atoms with Gasteiger partial charge in [-0.1, -0.05) is 26.2 Å². The van der Waals surface area contributed by atoms with Gasteiger partial charge < -0.3 is 9.84 Å². The molecule has 1 saturated carbocycles. The van der Waals surface area contributed by atoms with Gasteiger partial charge in [0.2, 0.25) is 0 Å². The maximum absolute atomic E-state index is 11.1. The van der Waals surface area contributed by atoms with E-state index in [-0.39, 0.29) is 0 Å². The van der Waals surface area contributed by atoms with Crippen LogP contribution in [0.5, 0.6) is 0 Å². The molecular weight excluding hydrogens is 192 g/mol. The average Bonchev–Trinajstić information content (AvgIpc) is 2.67. The van der Waals surface area contributed by atoms with Crippen molar-refractivity contribution in [2.75, 3.05) is 6.61 Å². The van der Waals surface area contributed by atoms with E-state index < -0.39 is 11.6 Å². The van der Waals surface area contributed by atoms with Crippen LogP contribution in [-0.2, 0) is 9.53 Å². The van der Waals surface area contributed by atoms with Crippen LogP contribution in [0.25, 0.3) is 0 Å². The number of carboxylic acids is 1. The molecule has 1 aliphatic rings. The van der Waals surface area contributed by atoms with Crippen molar-refractivity contribution in [1.29, 1.82) is 0 Å². The highest BCUT2D eigenvalue weighted by Crippen LogP contribution is 2.33. The average molecular weight is 214 g/mol. The van der Waals surface area contributed by atoms with Gasteiger partial charge in [0.05, 0.1) is 0 Å². The van der Waals surface area contributed by atoms with Crippen LogP contribution >= 0.6 is 0 Å². The van der Waals surface area contributed by atoms with Crippen molar-refractivity contribution in [3.63, 3.8) is 0 Å². The summed E-state index contributed by atoms with van der Waals surface area (Å²) >= 11 is 0. The number of rotatable bonds is 7. The fourth-order valence-electron chi connectivity index (χ4n) is 2.16. The van der Waals surface area contributed by atoms with Crippen LogP contribution in [0.1, 0.15) is 58.3 Å². The third-order valence-electron chi connectivity index (χ3n) is 3.18. The van der Waals surface area contributed by atoms with E-state index in [0.29, 0.717) is 19.4 Å². The minimum atomic E-state index is -0.841. The zero-order valence-corrected chi connectivity index (χ0v) is 9.63. The third-order valence-corrected chi connectivity index (χ3v) is 3.18. The molecule has 3 heteroatoms. The Balaban J connectivity index is 2.24. The molecule has 0 radical (unpaired) electrons. The van der Waals surface area contributed by atoms with Gasteiger partial charge in [0, 0.05) is 6.61 Å². The highest BCUT2D eigenvalue weighted by atomic mass is 16.5. The first-order chi connectivity index (χ1) is 7.21. The minimum Gasteiger partial charge on any atom is -0.479 e. The van der Waals surface area contributed by atoms with E-state index >= 15 is 0 Å². The first-order valence-corrected chi connectivity index (χ1v) is 6.08. The number of unbranched alkanes of at least 4 members (excludes halogenated alkanes) is 3. The van der Waals surface area contributed by atoms with Crippen LogP contribution in [0.4, 0.5) is 0 Å². The summed E-state index contributed by atoms with van der Waals surface area (Å²) in [7, 11) is 0. The molecule has 0 saturated heterocycles. The molecule has 0 aromatic rings. The number of hydrogen-bond donors (Lipinski definition) is 1. The van der Waals surface area contributed by atoms with Crippen LogP contribution in [0.15, 0.2) is 0 Å². The van der Waals surface area contributed by atoms with Gasteiger partial charge in [-0.2, -0.15) is 0 Å². The minimum absolute atomic E-state index is 0.603.